The standard InChI is InChI=1S/C15H31NO/c1-7-13(8-2)12-14(17)15(6,9-3)16(10-4)11-5/h13H,7-12H2,1-6H3. The van der Waals surface area contributed by atoms with Crippen molar-refractivity contribution >= 4 is 5.78 Å². The van der Waals surface area contributed by atoms with Crippen LogP contribution < -0.4 is 0 Å². The van der Waals surface area contributed by atoms with Gasteiger partial charge in [-0.2, -0.15) is 0 Å². The molecular formula is C15H31NO. The number of Topliss-reactive ketones (excluding diaryl/α,β-unsaturated/α-hetero) is 1. The number of likely N-dealkylation sites (N-methyl/N-ethyl adjacent to an activating group) is 1. The molecule has 17 heavy (non-hydrogen) atoms. The lowest BCUT2D eigenvalue weighted by Gasteiger charge is -2.39. The van der Waals surface area contributed by atoms with Crippen LogP contribution >= 0.6 is 0 Å². The van der Waals surface area contributed by atoms with E-state index in [2.05, 4.69) is 46.4 Å². The van der Waals surface area contributed by atoms with Crippen LogP contribution in [0.25, 0.3) is 0 Å². The Kier molecular flexibility index (Phi) is 7.69. The minimum Gasteiger partial charge on any atom is -0.298 e. The molecular weight excluding hydrogens is 210 g/mol. The lowest BCUT2D eigenvalue weighted by atomic mass is 9.84. The van der Waals surface area contributed by atoms with Gasteiger partial charge in [0.25, 0.3) is 0 Å². The third kappa shape index (κ3) is 4.09. The van der Waals surface area contributed by atoms with Gasteiger partial charge < -0.3 is 0 Å². The summed E-state index contributed by atoms with van der Waals surface area (Å²) in [6.45, 7) is 14.8. The van der Waals surface area contributed by atoms with Gasteiger partial charge in [-0.15, -0.1) is 0 Å². The molecule has 0 spiro atoms. The first-order valence-electron chi connectivity index (χ1n) is 7.28. The van der Waals surface area contributed by atoms with Gasteiger partial charge in [0.05, 0.1) is 5.54 Å². The monoisotopic (exact) mass is 241 g/mol. The van der Waals surface area contributed by atoms with Crippen LogP contribution in [0.1, 0.15) is 67.2 Å². The van der Waals surface area contributed by atoms with Gasteiger partial charge in [0, 0.05) is 6.42 Å². The van der Waals surface area contributed by atoms with Crippen molar-refractivity contribution in [3.8, 4) is 0 Å². The third-order valence-electron chi connectivity index (χ3n) is 4.38. The summed E-state index contributed by atoms with van der Waals surface area (Å²) in [7, 11) is 0. The number of carbonyl (C=O) groups excluding carboxylic acids is 1. The van der Waals surface area contributed by atoms with Crippen molar-refractivity contribution in [2.45, 2.75) is 72.8 Å². The highest BCUT2D eigenvalue weighted by Gasteiger charge is 2.36. The maximum Gasteiger partial charge on any atom is 0.153 e. The van der Waals surface area contributed by atoms with Crippen LogP contribution in [0, 0.1) is 5.92 Å². The van der Waals surface area contributed by atoms with Crippen LogP contribution in [0.4, 0.5) is 0 Å². The quantitative estimate of drug-likeness (QED) is 0.610. The Balaban J connectivity index is 4.78. The zero-order valence-electron chi connectivity index (χ0n) is 12.7. The second kappa shape index (κ2) is 7.86. The molecule has 0 aliphatic carbocycles. The normalized spacial score (nSPS) is 15.3. The minimum absolute atomic E-state index is 0.258. The van der Waals surface area contributed by atoms with E-state index in [0.29, 0.717) is 11.7 Å². The van der Waals surface area contributed by atoms with Crippen molar-refractivity contribution in [1.82, 2.24) is 4.90 Å². The molecule has 2 nitrogen and oxygen atoms in total. The van der Waals surface area contributed by atoms with E-state index in [4.69, 9.17) is 0 Å². The Bertz CT molecular complexity index is 219. The van der Waals surface area contributed by atoms with Crippen molar-refractivity contribution in [1.29, 1.82) is 0 Å². The molecule has 0 heterocycles. The van der Waals surface area contributed by atoms with Crippen molar-refractivity contribution in [2.75, 3.05) is 13.1 Å². The average molecular weight is 241 g/mol. The van der Waals surface area contributed by atoms with Gasteiger partial charge in [-0.3, -0.25) is 9.69 Å². The summed E-state index contributed by atoms with van der Waals surface area (Å²) in [5.74, 6) is 0.987. The first kappa shape index (κ1) is 16.6. The molecule has 0 N–H and O–H groups in total. The van der Waals surface area contributed by atoms with Gasteiger partial charge in [0.15, 0.2) is 5.78 Å². The lowest BCUT2D eigenvalue weighted by Crippen LogP contribution is -2.52. The molecule has 0 aromatic heterocycles. The Hall–Kier alpha value is -0.370. The van der Waals surface area contributed by atoms with E-state index in [-0.39, 0.29) is 5.54 Å². The maximum atomic E-state index is 12.5. The van der Waals surface area contributed by atoms with Crippen molar-refractivity contribution in [2.24, 2.45) is 5.92 Å². The number of hydrogen-bond donors (Lipinski definition) is 0. The van der Waals surface area contributed by atoms with Gasteiger partial charge in [-0.1, -0.05) is 47.5 Å². The predicted molar refractivity (Wildman–Crippen MR) is 75.3 cm³/mol. The van der Waals surface area contributed by atoms with E-state index >= 15 is 0 Å². The van der Waals surface area contributed by atoms with Crippen LogP contribution in [-0.4, -0.2) is 29.3 Å². The summed E-state index contributed by atoms with van der Waals surface area (Å²) in [6, 6.07) is 0. The van der Waals surface area contributed by atoms with E-state index in [1.54, 1.807) is 0 Å². The van der Waals surface area contributed by atoms with Crippen LogP contribution in [0.5, 0.6) is 0 Å². The molecule has 0 rings (SSSR count). The average Bonchev–Trinajstić information content (AvgIpc) is 2.36. The molecule has 0 bridgehead atoms. The summed E-state index contributed by atoms with van der Waals surface area (Å²) in [5, 5.41) is 0. The molecule has 0 fully saturated rings. The number of carbonyl (C=O) groups is 1. The van der Waals surface area contributed by atoms with Gasteiger partial charge in [0.1, 0.15) is 0 Å². The maximum absolute atomic E-state index is 12.5. The molecule has 0 aliphatic heterocycles. The molecule has 102 valence electrons. The van der Waals surface area contributed by atoms with E-state index in [1.807, 2.05) is 0 Å². The summed E-state index contributed by atoms with van der Waals surface area (Å²) in [6.07, 6.45) is 3.88. The molecule has 1 atom stereocenters. The topological polar surface area (TPSA) is 20.3 Å². The summed E-state index contributed by atoms with van der Waals surface area (Å²) < 4.78 is 0. The molecule has 0 aromatic carbocycles. The third-order valence-corrected chi connectivity index (χ3v) is 4.38. The van der Waals surface area contributed by atoms with Crippen LogP contribution in [0.15, 0.2) is 0 Å². The second-order valence-electron chi connectivity index (χ2n) is 5.11. The largest absolute Gasteiger partial charge is 0.298 e. The fourth-order valence-electron chi connectivity index (χ4n) is 2.58. The molecule has 0 aromatic rings. The van der Waals surface area contributed by atoms with Crippen molar-refractivity contribution in [3.05, 3.63) is 0 Å². The number of ketones is 1. The highest BCUT2D eigenvalue weighted by Crippen LogP contribution is 2.25. The molecule has 0 saturated carbocycles. The zero-order chi connectivity index (χ0) is 13.5. The first-order chi connectivity index (χ1) is 7.99. The fourth-order valence-corrected chi connectivity index (χ4v) is 2.58. The van der Waals surface area contributed by atoms with E-state index in [0.717, 1.165) is 38.8 Å². The number of nitrogens with zero attached hydrogens (tertiary/aromatic N) is 1. The molecule has 1 unspecified atom stereocenters. The van der Waals surface area contributed by atoms with Gasteiger partial charge in [0.2, 0.25) is 0 Å². The highest BCUT2D eigenvalue weighted by atomic mass is 16.1. The fraction of sp³-hybridized carbons (Fsp3) is 0.933. The summed E-state index contributed by atoms with van der Waals surface area (Å²) >= 11 is 0. The first-order valence-corrected chi connectivity index (χ1v) is 7.28. The molecule has 0 radical (unpaired) electrons. The lowest BCUT2D eigenvalue weighted by molar-refractivity contribution is -0.131. The molecule has 2 heteroatoms. The Morgan fingerprint density at radius 2 is 1.53 bits per heavy atom. The highest BCUT2D eigenvalue weighted by molar-refractivity contribution is 5.88. The van der Waals surface area contributed by atoms with Crippen molar-refractivity contribution in [3.63, 3.8) is 0 Å². The minimum atomic E-state index is -0.258. The zero-order valence-corrected chi connectivity index (χ0v) is 12.7. The van der Waals surface area contributed by atoms with Crippen LogP contribution in [0.3, 0.4) is 0 Å². The van der Waals surface area contributed by atoms with Gasteiger partial charge >= 0.3 is 0 Å². The van der Waals surface area contributed by atoms with E-state index < -0.39 is 0 Å². The van der Waals surface area contributed by atoms with Crippen LogP contribution in [-0.2, 0) is 4.79 Å². The Morgan fingerprint density at radius 3 is 1.82 bits per heavy atom. The van der Waals surface area contributed by atoms with Gasteiger partial charge in [-0.05, 0) is 32.4 Å². The van der Waals surface area contributed by atoms with E-state index in [1.165, 1.54) is 0 Å². The van der Waals surface area contributed by atoms with Gasteiger partial charge in [-0.25, -0.2) is 0 Å². The number of rotatable bonds is 9. The molecule has 0 aliphatic rings. The van der Waals surface area contributed by atoms with Crippen molar-refractivity contribution < 1.29 is 4.79 Å². The SMILES string of the molecule is CCC(CC)CC(=O)C(C)(CC)N(CC)CC. The Labute approximate surface area is 108 Å². The Morgan fingerprint density at radius 1 is 1.06 bits per heavy atom. The molecule has 0 amide bonds. The summed E-state index contributed by atoms with van der Waals surface area (Å²) in [5.41, 5.74) is -0.258. The second-order valence-corrected chi connectivity index (χ2v) is 5.11. The van der Waals surface area contributed by atoms with E-state index in [9.17, 15) is 4.79 Å². The smallest absolute Gasteiger partial charge is 0.153 e. The summed E-state index contributed by atoms with van der Waals surface area (Å²) in [4.78, 5) is 14.8. The predicted octanol–water partition coefficient (Wildman–Crippen LogP) is 3.89. The number of hydrogen-bond acceptors (Lipinski definition) is 2. The van der Waals surface area contributed by atoms with Crippen LogP contribution in [0.2, 0.25) is 0 Å². The molecule has 0 saturated heterocycles.